The highest BCUT2D eigenvalue weighted by Gasteiger charge is 2.64. The van der Waals surface area contributed by atoms with Crippen LogP contribution in [-0.2, 0) is 55.7 Å². The van der Waals surface area contributed by atoms with Crippen LogP contribution in [0, 0.1) is 12.7 Å². The van der Waals surface area contributed by atoms with Crippen LogP contribution in [0.25, 0.3) is 10.4 Å². The largest absolute Gasteiger partial charge is 0.393 e. The van der Waals surface area contributed by atoms with Gasteiger partial charge in [-0.05, 0) is 70.6 Å². The highest BCUT2D eigenvalue weighted by molar-refractivity contribution is 7.15. The molecule has 0 saturated carbocycles. The first kappa shape index (κ1) is 39.7. The van der Waals surface area contributed by atoms with Crippen LogP contribution in [0.3, 0.4) is 0 Å². The van der Waals surface area contributed by atoms with E-state index in [9.17, 15) is 14.6 Å². The molecular formula is C47H47FO7S. The lowest BCUT2D eigenvalue weighted by Crippen LogP contribution is -2.72. The predicted octanol–water partition coefficient (Wildman–Crippen LogP) is 8.76. The van der Waals surface area contributed by atoms with E-state index in [2.05, 4.69) is 19.1 Å². The SMILES string of the molecule is CO[C@@]1(c2ccc(C)c(Cc3ccc(-c4ccc(F)cc4)s3)c2)OC(CO)(CO)[C@@H](OCc2ccccc2)[C@H](OCc2ccccc2)[C@H]1OCc1ccccc1. The van der Waals surface area contributed by atoms with Gasteiger partial charge in [0.15, 0.2) is 0 Å². The minimum Gasteiger partial charge on any atom is -0.393 e. The summed E-state index contributed by atoms with van der Waals surface area (Å²) in [7, 11) is 1.55. The molecule has 6 aromatic rings. The summed E-state index contributed by atoms with van der Waals surface area (Å²) in [6.45, 7) is 1.44. The molecule has 1 aliphatic heterocycles. The standard InChI is InChI=1S/C47H47FO7S/c1-33-18-21-39(26-38(33)27-41-24-25-42(56-41)37-19-22-40(48)23-20-37)47(51-2)45(54-30-36-16-10-5-11-17-36)43(52-28-34-12-6-3-7-13-34)44(46(31-49,32-50)55-47)53-29-35-14-8-4-9-15-35/h3-26,43-45,49-50H,27-32H2,1-2H3/t43-,44-,45+,47-/m0/s1. The second-order valence-corrected chi connectivity index (χ2v) is 15.3. The van der Waals surface area contributed by atoms with Gasteiger partial charge in [-0.25, -0.2) is 4.39 Å². The zero-order valence-electron chi connectivity index (χ0n) is 31.6. The van der Waals surface area contributed by atoms with Gasteiger partial charge in [-0.2, -0.15) is 0 Å². The Morgan fingerprint density at radius 3 is 1.77 bits per heavy atom. The number of thiophene rings is 1. The lowest BCUT2D eigenvalue weighted by atomic mass is 9.80. The molecule has 0 unspecified atom stereocenters. The van der Waals surface area contributed by atoms with Crippen molar-refractivity contribution < 1.29 is 38.3 Å². The summed E-state index contributed by atoms with van der Waals surface area (Å²) in [4.78, 5) is 2.17. The van der Waals surface area contributed by atoms with Gasteiger partial charge >= 0.3 is 0 Å². The van der Waals surface area contributed by atoms with Crippen LogP contribution in [-0.4, -0.2) is 54.4 Å². The van der Waals surface area contributed by atoms with Crippen LogP contribution in [0.1, 0.15) is 38.3 Å². The van der Waals surface area contributed by atoms with Crippen molar-refractivity contribution in [3.05, 3.63) is 190 Å². The normalized spacial score (nSPS) is 20.6. The molecule has 0 aliphatic carbocycles. The van der Waals surface area contributed by atoms with Crippen LogP contribution in [0.15, 0.2) is 146 Å². The van der Waals surface area contributed by atoms with Crippen molar-refractivity contribution in [2.45, 2.75) is 62.9 Å². The molecule has 1 fully saturated rings. The minimum absolute atomic E-state index is 0.169. The van der Waals surface area contributed by atoms with Gasteiger partial charge in [0, 0.05) is 28.8 Å². The van der Waals surface area contributed by atoms with E-state index < -0.39 is 42.9 Å². The van der Waals surface area contributed by atoms with Crippen LogP contribution in [0.4, 0.5) is 4.39 Å². The summed E-state index contributed by atoms with van der Waals surface area (Å²) in [5.41, 5.74) is 4.76. The van der Waals surface area contributed by atoms with Crippen molar-refractivity contribution in [3.63, 3.8) is 0 Å². The Labute approximate surface area is 331 Å². The Balaban J connectivity index is 1.31. The van der Waals surface area contributed by atoms with E-state index in [1.165, 1.54) is 12.1 Å². The van der Waals surface area contributed by atoms with Gasteiger partial charge in [0.1, 0.15) is 29.7 Å². The highest BCUT2D eigenvalue weighted by atomic mass is 32.1. The minimum atomic E-state index is -1.68. The fraction of sp³-hybridized carbons (Fsp3) is 0.277. The molecule has 0 amide bonds. The highest BCUT2D eigenvalue weighted by Crippen LogP contribution is 2.48. The molecule has 290 valence electrons. The Kier molecular flexibility index (Phi) is 12.9. The lowest BCUT2D eigenvalue weighted by molar-refractivity contribution is -0.417. The molecule has 56 heavy (non-hydrogen) atoms. The van der Waals surface area contributed by atoms with Crippen LogP contribution in [0.5, 0.6) is 0 Å². The second-order valence-electron chi connectivity index (χ2n) is 14.1. The first-order valence-electron chi connectivity index (χ1n) is 18.7. The summed E-state index contributed by atoms with van der Waals surface area (Å²) < 4.78 is 47.6. The summed E-state index contributed by atoms with van der Waals surface area (Å²) in [5, 5.41) is 22.5. The van der Waals surface area contributed by atoms with Gasteiger partial charge in [-0.1, -0.05) is 115 Å². The maximum absolute atomic E-state index is 13.7. The third kappa shape index (κ3) is 8.71. The Bertz CT molecular complexity index is 2120. The van der Waals surface area contributed by atoms with Gasteiger partial charge in [-0.15, -0.1) is 11.3 Å². The van der Waals surface area contributed by atoms with Gasteiger partial charge in [0.2, 0.25) is 5.79 Å². The number of aliphatic hydroxyl groups excluding tert-OH is 2. The number of hydrogen-bond donors (Lipinski definition) is 2. The molecule has 0 spiro atoms. The average Bonchev–Trinajstić information content (AvgIpc) is 3.72. The molecule has 7 rings (SSSR count). The fourth-order valence-electron chi connectivity index (χ4n) is 7.31. The van der Waals surface area contributed by atoms with E-state index in [0.717, 1.165) is 43.1 Å². The van der Waals surface area contributed by atoms with Gasteiger partial charge < -0.3 is 33.9 Å². The van der Waals surface area contributed by atoms with Crippen molar-refractivity contribution >= 4 is 11.3 Å². The molecule has 2 heterocycles. The summed E-state index contributed by atoms with van der Waals surface area (Å²) in [6, 6.07) is 46.0. The number of rotatable bonds is 16. The van der Waals surface area contributed by atoms with Gasteiger partial charge in [-0.3, -0.25) is 0 Å². The number of aryl methyl sites for hydroxylation is 1. The fourth-order valence-corrected chi connectivity index (χ4v) is 8.34. The van der Waals surface area contributed by atoms with E-state index in [4.69, 9.17) is 23.7 Å². The van der Waals surface area contributed by atoms with Crippen LogP contribution in [0.2, 0.25) is 0 Å². The molecule has 5 aromatic carbocycles. The molecule has 1 aliphatic rings. The zero-order chi connectivity index (χ0) is 39.0. The number of halogens is 1. The lowest BCUT2D eigenvalue weighted by Gasteiger charge is -2.56. The summed E-state index contributed by atoms with van der Waals surface area (Å²) >= 11 is 1.65. The van der Waals surface area contributed by atoms with Crippen LogP contribution < -0.4 is 0 Å². The third-order valence-corrected chi connectivity index (χ3v) is 11.6. The monoisotopic (exact) mass is 774 g/mol. The van der Waals surface area contributed by atoms with E-state index >= 15 is 0 Å². The molecular weight excluding hydrogens is 728 g/mol. The Morgan fingerprint density at radius 1 is 0.661 bits per heavy atom. The smallest absolute Gasteiger partial charge is 0.225 e. The maximum Gasteiger partial charge on any atom is 0.225 e. The molecule has 9 heteroatoms. The molecule has 0 bridgehead atoms. The number of benzene rings is 5. The third-order valence-electron chi connectivity index (χ3n) is 10.4. The topological polar surface area (TPSA) is 86.6 Å². The van der Waals surface area contributed by atoms with E-state index in [0.29, 0.717) is 12.0 Å². The molecule has 1 aromatic heterocycles. The maximum atomic E-state index is 13.7. The van der Waals surface area contributed by atoms with Crippen LogP contribution >= 0.6 is 11.3 Å². The van der Waals surface area contributed by atoms with E-state index in [1.807, 2.05) is 109 Å². The zero-order valence-corrected chi connectivity index (χ0v) is 32.4. The summed E-state index contributed by atoms with van der Waals surface area (Å²) in [5.74, 6) is -1.94. The van der Waals surface area contributed by atoms with Gasteiger partial charge in [0.05, 0.1) is 33.0 Å². The van der Waals surface area contributed by atoms with Gasteiger partial charge in [0.25, 0.3) is 0 Å². The number of hydrogen-bond acceptors (Lipinski definition) is 8. The second kappa shape index (κ2) is 18.1. The van der Waals surface area contributed by atoms with E-state index in [1.54, 1.807) is 30.6 Å². The number of aliphatic hydroxyl groups is 2. The molecule has 4 atom stereocenters. The van der Waals surface area contributed by atoms with Crippen molar-refractivity contribution in [1.29, 1.82) is 0 Å². The van der Waals surface area contributed by atoms with Crippen molar-refractivity contribution in [2.75, 3.05) is 20.3 Å². The molecule has 2 N–H and O–H groups in total. The Morgan fingerprint density at radius 2 is 1.21 bits per heavy atom. The average molecular weight is 775 g/mol. The van der Waals surface area contributed by atoms with E-state index in [-0.39, 0.29) is 25.6 Å². The molecule has 7 nitrogen and oxygen atoms in total. The van der Waals surface area contributed by atoms with Crippen molar-refractivity contribution in [1.82, 2.24) is 0 Å². The molecule has 1 saturated heterocycles. The number of methoxy groups -OCH3 is 1. The Hall–Kier alpha value is -4.55. The molecule has 0 radical (unpaired) electrons. The van der Waals surface area contributed by atoms with Crippen molar-refractivity contribution in [3.8, 4) is 10.4 Å². The predicted molar refractivity (Wildman–Crippen MR) is 215 cm³/mol. The van der Waals surface area contributed by atoms with Crippen molar-refractivity contribution in [2.24, 2.45) is 0 Å². The number of ether oxygens (including phenoxy) is 5. The summed E-state index contributed by atoms with van der Waals surface area (Å²) in [6.07, 6.45) is -2.24. The quantitative estimate of drug-likeness (QED) is 0.102. The first-order valence-corrected chi connectivity index (χ1v) is 19.6. The first-order chi connectivity index (χ1) is 27.4.